The van der Waals surface area contributed by atoms with Crippen molar-refractivity contribution in [3.8, 4) is 11.5 Å². The van der Waals surface area contributed by atoms with Crippen LogP contribution in [-0.2, 0) is 14.3 Å². The molecular formula is C22H21NO4. The largest absolute Gasteiger partial charge is 0.462 e. The van der Waals surface area contributed by atoms with Crippen molar-refractivity contribution < 1.29 is 19.1 Å². The fraction of sp³-hybridized carbons (Fsp3) is 0.364. The van der Waals surface area contributed by atoms with Crippen molar-refractivity contribution in [2.75, 3.05) is 5.32 Å². The molecule has 5 nitrogen and oxygen atoms in total. The molecule has 138 valence electrons. The van der Waals surface area contributed by atoms with Crippen LogP contribution in [0.2, 0.25) is 0 Å². The maximum atomic E-state index is 12.8. The minimum Gasteiger partial charge on any atom is -0.462 e. The first kappa shape index (κ1) is 16.4. The van der Waals surface area contributed by atoms with Crippen LogP contribution >= 0.6 is 0 Å². The third-order valence-electron chi connectivity index (χ3n) is 6.16. The molecule has 5 heteroatoms. The van der Waals surface area contributed by atoms with E-state index in [4.69, 9.17) is 9.47 Å². The summed E-state index contributed by atoms with van der Waals surface area (Å²) in [6.45, 7) is 2.03. The number of carbonyl (C=O) groups is 2. The molecule has 2 aromatic rings. The molecule has 0 radical (unpaired) electrons. The lowest BCUT2D eigenvalue weighted by atomic mass is 9.79. The Balaban J connectivity index is 1.25. The molecule has 5 rings (SSSR count). The zero-order chi connectivity index (χ0) is 18.5. The highest BCUT2D eigenvalue weighted by Crippen LogP contribution is 2.57. The topological polar surface area (TPSA) is 64.6 Å². The van der Waals surface area contributed by atoms with Crippen molar-refractivity contribution in [1.82, 2.24) is 0 Å². The highest BCUT2D eigenvalue weighted by atomic mass is 16.6. The van der Waals surface area contributed by atoms with Crippen molar-refractivity contribution in [1.29, 1.82) is 0 Å². The lowest BCUT2D eigenvalue weighted by Gasteiger charge is -2.23. The van der Waals surface area contributed by atoms with E-state index >= 15 is 0 Å². The number of benzene rings is 2. The maximum absolute atomic E-state index is 12.8. The quantitative estimate of drug-likeness (QED) is 0.836. The molecule has 2 aliphatic carbocycles. The van der Waals surface area contributed by atoms with Crippen molar-refractivity contribution >= 4 is 17.6 Å². The van der Waals surface area contributed by atoms with Gasteiger partial charge in [-0.05, 0) is 62.1 Å². The number of esters is 1. The van der Waals surface area contributed by atoms with Crippen LogP contribution < -0.4 is 10.1 Å². The van der Waals surface area contributed by atoms with E-state index in [1.54, 1.807) is 0 Å². The van der Waals surface area contributed by atoms with Gasteiger partial charge in [0.05, 0.1) is 11.8 Å². The van der Waals surface area contributed by atoms with Gasteiger partial charge >= 0.3 is 5.97 Å². The predicted molar refractivity (Wildman–Crippen MR) is 99.4 cm³/mol. The molecule has 0 aromatic heterocycles. The van der Waals surface area contributed by atoms with Crippen LogP contribution in [0.5, 0.6) is 11.5 Å². The number of hydrogen-bond donors (Lipinski definition) is 1. The van der Waals surface area contributed by atoms with E-state index in [0.717, 1.165) is 18.6 Å². The molecule has 3 fully saturated rings. The SMILES string of the molecule is Cc1ccc(Oc2ccc(NC(=O)[C@H]3[C@H]4C[C@H]5[C@H]3C(=O)O[C@H]5C4)cc2)cc1. The van der Waals surface area contributed by atoms with Crippen LogP contribution in [0.1, 0.15) is 18.4 Å². The zero-order valence-corrected chi connectivity index (χ0v) is 15.1. The van der Waals surface area contributed by atoms with Crippen molar-refractivity contribution in [2.24, 2.45) is 23.7 Å². The Morgan fingerprint density at radius 2 is 1.70 bits per heavy atom. The van der Waals surface area contributed by atoms with E-state index in [9.17, 15) is 9.59 Å². The lowest BCUT2D eigenvalue weighted by Crippen LogP contribution is -2.35. The van der Waals surface area contributed by atoms with E-state index in [1.807, 2.05) is 55.5 Å². The highest BCUT2D eigenvalue weighted by Gasteiger charge is 2.63. The first-order valence-corrected chi connectivity index (χ1v) is 9.44. The van der Waals surface area contributed by atoms with Crippen molar-refractivity contribution in [3.63, 3.8) is 0 Å². The Bertz CT molecular complexity index is 888. The molecule has 2 aromatic carbocycles. The Kier molecular flexibility index (Phi) is 3.71. The van der Waals surface area contributed by atoms with E-state index < -0.39 is 0 Å². The summed E-state index contributed by atoms with van der Waals surface area (Å²) in [4.78, 5) is 24.9. The number of fused-ring (bicyclic) bond motifs is 1. The third-order valence-corrected chi connectivity index (χ3v) is 6.16. The van der Waals surface area contributed by atoms with Crippen LogP contribution in [0, 0.1) is 30.6 Å². The van der Waals surface area contributed by atoms with Crippen LogP contribution in [0.25, 0.3) is 0 Å². The normalized spacial score (nSPS) is 30.3. The summed E-state index contributed by atoms with van der Waals surface area (Å²) >= 11 is 0. The maximum Gasteiger partial charge on any atom is 0.310 e. The van der Waals surface area contributed by atoms with E-state index in [0.29, 0.717) is 11.4 Å². The molecule has 1 aliphatic heterocycles. The average molecular weight is 363 g/mol. The molecule has 0 unspecified atom stereocenters. The highest BCUT2D eigenvalue weighted by molar-refractivity contribution is 5.97. The Morgan fingerprint density at radius 1 is 1.04 bits per heavy atom. The monoisotopic (exact) mass is 363 g/mol. The predicted octanol–water partition coefficient (Wildman–Crippen LogP) is 3.92. The van der Waals surface area contributed by atoms with E-state index in [-0.39, 0.29) is 41.7 Å². The minimum absolute atomic E-state index is 0.0507. The fourth-order valence-corrected chi connectivity index (χ4v) is 4.94. The number of hydrogen-bond acceptors (Lipinski definition) is 4. The molecule has 2 bridgehead atoms. The smallest absolute Gasteiger partial charge is 0.310 e. The molecular weight excluding hydrogens is 342 g/mol. The Morgan fingerprint density at radius 3 is 2.41 bits per heavy atom. The zero-order valence-electron chi connectivity index (χ0n) is 15.1. The summed E-state index contributed by atoms with van der Waals surface area (Å²) in [5, 5.41) is 2.97. The Labute approximate surface area is 157 Å². The second-order valence-corrected chi connectivity index (χ2v) is 7.85. The van der Waals surface area contributed by atoms with Gasteiger partial charge < -0.3 is 14.8 Å². The van der Waals surface area contributed by atoms with Gasteiger partial charge in [0.25, 0.3) is 0 Å². The first-order valence-electron chi connectivity index (χ1n) is 9.44. The fourth-order valence-electron chi connectivity index (χ4n) is 4.94. The number of amides is 1. The van der Waals surface area contributed by atoms with Gasteiger partial charge in [0.15, 0.2) is 0 Å². The van der Waals surface area contributed by atoms with Crippen LogP contribution in [0.15, 0.2) is 48.5 Å². The van der Waals surface area contributed by atoms with Gasteiger partial charge in [0.1, 0.15) is 17.6 Å². The molecule has 5 atom stereocenters. The van der Waals surface area contributed by atoms with Gasteiger partial charge in [-0.15, -0.1) is 0 Å². The molecule has 0 spiro atoms. The lowest BCUT2D eigenvalue weighted by molar-refractivity contribution is -0.145. The molecule has 1 amide bonds. The molecule has 1 N–H and O–H groups in total. The number of carbonyl (C=O) groups excluding carboxylic acids is 2. The summed E-state index contributed by atoms with van der Waals surface area (Å²) < 4.78 is 11.2. The molecule has 1 heterocycles. The standard InChI is InChI=1S/C22H21NO4/c1-12-2-6-15(7-3-12)26-16-8-4-14(5-9-16)23-21(24)19-13-10-17-18(11-13)27-22(25)20(17)19/h2-9,13,17-20H,10-11H2,1H3,(H,23,24)/t13-,17+,18-,19-,20+/m0/s1. The summed E-state index contributed by atoms with van der Waals surface area (Å²) in [6, 6.07) is 15.2. The average Bonchev–Trinajstić information content (AvgIpc) is 3.27. The molecule has 3 aliphatic rings. The van der Waals surface area contributed by atoms with E-state index in [1.165, 1.54) is 5.56 Å². The summed E-state index contributed by atoms with van der Waals surface area (Å²) in [6.07, 6.45) is 1.81. The minimum atomic E-state index is -0.260. The third kappa shape index (κ3) is 2.78. The van der Waals surface area contributed by atoms with E-state index in [2.05, 4.69) is 5.32 Å². The van der Waals surface area contributed by atoms with Crippen LogP contribution in [0.3, 0.4) is 0 Å². The Hall–Kier alpha value is -2.82. The molecule has 27 heavy (non-hydrogen) atoms. The number of rotatable bonds is 4. The van der Waals surface area contributed by atoms with Crippen LogP contribution in [-0.4, -0.2) is 18.0 Å². The van der Waals surface area contributed by atoms with Gasteiger partial charge in [0.2, 0.25) is 5.91 Å². The summed E-state index contributed by atoms with van der Waals surface area (Å²) in [5.41, 5.74) is 1.89. The second-order valence-electron chi connectivity index (χ2n) is 7.85. The van der Waals surface area contributed by atoms with Gasteiger partial charge in [-0.25, -0.2) is 0 Å². The van der Waals surface area contributed by atoms with Crippen molar-refractivity contribution in [2.45, 2.75) is 25.9 Å². The van der Waals surface area contributed by atoms with Crippen LogP contribution in [0.4, 0.5) is 5.69 Å². The number of nitrogens with one attached hydrogen (secondary N) is 1. The summed E-state index contributed by atoms with van der Waals surface area (Å²) in [7, 11) is 0. The second kappa shape index (κ2) is 6.12. The van der Waals surface area contributed by atoms with Gasteiger partial charge in [-0.2, -0.15) is 0 Å². The first-order chi connectivity index (χ1) is 13.1. The molecule has 1 saturated heterocycles. The van der Waals surface area contributed by atoms with Gasteiger partial charge in [-0.3, -0.25) is 9.59 Å². The number of anilines is 1. The van der Waals surface area contributed by atoms with Crippen molar-refractivity contribution in [3.05, 3.63) is 54.1 Å². The summed E-state index contributed by atoms with van der Waals surface area (Å²) in [5.74, 6) is 1.21. The number of ether oxygens (including phenoxy) is 2. The van der Waals surface area contributed by atoms with Gasteiger partial charge in [0, 0.05) is 11.6 Å². The number of aryl methyl sites for hydroxylation is 1. The van der Waals surface area contributed by atoms with Gasteiger partial charge in [-0.1, -0.05) is 17.7 Å². The molecule has 2 saturated carbocycles.